The summed E-state index contributed by atoms with van der Waals surface area (Å²) in [5.41, 5.74) is 0. The number of ether oxygens (including phenoxy) is 2. The largest absolute Gasteiger partial charge is 0.457 e. The Morgan fingerprint density at radius 2 is 2.19 bits per heavy atom. The van der Waals surface area contributed by atoms with E-state index in [4.69, 9.17) is 9.47 Å². The Morgan fingerprint density at radius 1 is 1.50 bits per heavy atom. The van der Waals surface area contributed by atoms with Crippen LogP contribution in [0.2, 0.25) is 0 Å². The highest BCUT2D eigenvalue weighted by atomic mass is 16.6. The zero-order chi connectivity index (χ0) is 11.9. The standard InChI is InChI=1S/C10H15NO5/c1-4(12)15-9-7(13)6-3-5(8(9)16-6)10(14)11-2/h5-9,13H,3H2,1-2H3,(H,11,14)/t5?,6?,7?,8-,9-/m0/s1. The Labute approximate surface area is 92.9 Å². The van der Waals surface area contributed by atoms with Crippen LogP contribution < -0.4 is 5.32 Å². The number of carbonyl (C=O) groups is 2. The van der Waals surface area contributed by atoms with E-state index in [1.807, 2.05) is 0 Å². The van der Waals surface area contributed by atoms with E-state index in [2.05, 4.69) is 5.32 Å². The zero-order valence-electron chi connectivity index (χ0n) is 9.17. The summed E-state index contributed by atoms with van der Waals surface area (Å²) in [5.74, 6) is -0.963. The number of hydrogen-bond acceptors (Lipinski definition) is 5. The van der Waals surface area contributed by atoms with E-state index in [9.17, 15) is 14.7 Å². The summed E-state index contributed by atoms with van der Waals surface area (Å²) in [6.45, 7) is 1.27. The van der Waals surface area contributed by atoms with Crippen LogP contribution in [0.1, 0.15) is 13.3 Å². The number of nitrogens with one attached hydrogen (secondary N) is 1. The van der Waals surface area contributed by atoms with E-state index < -0.39 is 30.4 Å². The second-order valence-corrected chi connectivity index (χ2v) is 4.16. The Balaban J connectivity index is 2.10. The molecule has 2 aliphatic rings. The molecule has 6 heteroatoms. The van der Waals surface area contributed by atoms with Gasteiger partial charge in [0.2, 0.25) is 5.91 Å². The molecule has 2 saturated heterocycles. The first-order valence-electron chi connectivity index (χ1n) is 5.27. The van der Waals surface area contributed by atoms with Crippen LogP contribution in [-0.2, 0) is 19.1 Å². The van der Waals surface area contributed by atoms with Crippen LogP contribution in [0.5, 0.6) is 0 Å². The van der Waals surface area contributed by atoms with Crippen LogP contribution in [0.3, 0.4) is 0 Å². The lowest BCUT2D eigenvalue weighted by atomic mass is 9.84. The summed E-state index contributed by atoms with van der Waals surface area (Å²) in [4.78, 5) is 22.4. The molecule has 6 nitrogen and oxygen atoms in total. The molecule has 2 bridgehead atoms. The quantitative estimate of drug-likeness (QED) is 0.582. The van der Waals surface area contributed by atoms with Crippen molar-refractivity contribution in [1.82, 2.24) is 5.32 Å². The van der Waals surface area contributed by atoms with Crippen molar-refractivity contribution in [2.45, 2.75) is 37.8 Å². The number of carbonyl (C=O) groups excluding carboxylic acids is 2. The molecule has 5 atom stereocenters. The van der Waals surface area contributed by atoms with Gasteiger partial charge in [0.15, 0.2) is 6.10 Å². The second-order valence-electron chi connectivity index (χ2n) is 4.16. The minimum absolute atomic E-state index is 0.142. The van der Waals surface area contributed by atoms with Gasteiger partial charge in [-0.15, -0.1) is 0 Å². The average molecular weight is 229 g/mol. The molecule has 16 heavy (non-hydrogen) atoms. The Hall–Kier alpha value is -1.14. The first-order chi connectivity index (χ1) is 7.54. The summed E-state index contributed by atoms with van der Waals surface area (Å²) in [7, 11) is 1.55. The molecule has 0 aromatic heterocycles. The fraction of sp³-hybridized carbons (Fsp3) is 0.800. The second kappa shape index (κ2) is 4.03. The Kier molecular flexibility index (Phi) is 2.86. The van der Waals surface area contributed by atoms with Gasteiger partial charge in [-0.3, -0.25) is 9.59 Å². The summed E-state index contributed by atoms with van der Waals surface area (Å²) >= 11 is 0. The van der Waals surface area contributed by atoms with Crippen molar-refractivity contribution in [2.24, 2.45) is 5.92 Å². The molecule has 90 valence electrons. The van der Waals surface area contributed by atoms with E-state index in [1.54, 1.807) is 7.05 Å². The fourth-order valence-corrected chi connectivity index (χ4v) is 2.44. The first kappa shape index (κ1) is 11.3. The van der Waals surface area contributed by atoms with Crippen LogP contribution in [0.25, 0.3) is 0 Å². The Morgan fingerprint density at radius 3 is 2.69 bits per heavy atom. The lowest BCUT2D eigenvalue weighted by molar-refractivity contribution is -0.156. The minimum Gasteiger partial charge on any atom is -0.457 e. The summed E-state index contributed by atoms with van der Waals surface area (Å²) < 4.78 is 10.4. The van der Waals surface area contributed by atoms with Crippen molar-refractivity contribution in [3.63, 3.8) is 0 Å². The van der Waals surface area contributed by atoms with Crippen molar-refractivity contribution >= 4 is 11.9 Å². The highest BCUT2D eigenvalue weighted by molar-refractivity contribution is 5.79. The van der Waals surface area contributed by atoms with Gasteiger partial charge in [-0.05, 0) is 6.42 Å². The van der Waals surface area contributed by atoms with Crippen molar-refractivity contribution in [2.75, 3.05) is 7.05 Å². The molecule has 2 heterocycles. The van der Waals surface area contributed by atoms with E-state index in [0.717, 1.165) is 0 Å². The average Bonchev–Trinajstić information content (AvgIpc) is 2.77. The van der Waals surface area contributed by atoms with Crippen LogP contribution in [-0.4, -0.2) is 48.4 Å². The van der Waals surface area contributed by atoms with Gasteiger partial charge in [0, 0.05) is 14.0 Å². The van der Waals surface area contributed by atoms with Crippen LogP contribution >= 0.6 is 0 Å². The van der Waals surface area contributed by atoms with Crippen molar-refractivity contribution < 1.29 is 24.2 Å². The molecule has 3 unspecified atom stereocenters. The number of aliphatic hydroxyl groups is 1. The van der Waals surface area contributed by atoms with Gasteiger partial charge in [0.1, 0.15) is 12.2 Å². The molecule has 2 rings (SSSR count). The highest BCUT2D eigenvalue weighted by Crippen LogP contribution is 2.40. The van der Waals surface area contributed by atoms with Gasteiger partial charge in [0.25, 0.3) is 0 Å². The SMILES string of the molecule is CNC(=O)C1CC2O[C@@H]1[C@@H](OC(C)=O)C2O. The summed E-state index contributed by atoms with van der Waals surface area (Å²) in [6.07, 6.45) is -2.00. The molecule has 1 amide bonds. The lowest BCUT2D eigenvalue weighted by Crippen LogP contribution is -2.48. The van der Waals surface area contributed by atoms with Crippen molar-refractivity contribution in [1.29, 1.82) is 0 Å². The maximum absolute atomic E-state index is 11.5. The number of hydrogen-bond donors (Lipinski definition) is 2. The van der Waals surface area contributed by atoms with Crippen molar-refractivity contribution in [3.8, 4) is 0 Å². The number of amides is 1. The van der Waals surface area contributed by atoms with Crippen molar-refractivity contribution in [3.05, 3.63) is 0 Å². The molecule has 0 spiro atoms. The topological polar surface area (TPSA) is 84.9 Å². The third-order valence-electron chi connectivity index (χ3n) is 3.14. The van der Waals surface area contributed by atoms with Crippen LogP contribution in [0.15, 0.2) is 0 Å². The number of esters is 1. The molecule has 2 N–H and O–H groups in total. The van der Waals surface area contributed by atoms with Crippen LogP contribution in [0, 0.1) is 5.92 Å². The smallest absolute Gasteiger partial charge is 0.303 e. The predicted molar refractivity (Wildman–Crippen MR) is 52.4 cm³/mol. The molecular formula is C10H15NO5. The molecule has 2 fully saturated rings. The molecular weight excluding hydrogens is 214 g/mol. The maximum Gasteiger partial charge on any atom is 0.303 e. The van der Waals surface area contributed by atoms with Gasteiger partial charge < -0.3 is 19.9 Å². The maximum atomic E-state index is 11.5. The fourth-order valence-electron chi connectivity index (χ4n) is 2.44. The van der Waals surface area contributed by atoms with Gasteiger partial charge in [-0.1, -0.05) is 0 Å². The molecule has 0 saturated carbocycles. The van der Waals surface area contributed by atoms with E-state index in [-0.39, 0.29) is 11.8 Å². The molecule has 0 aliphatic carbocycles. The van der Waals surface area contributed by atoms with E-state index in [0.29, 0.717) is 6.42 Å². The third kappa shape index (κ3) is 1.68. The first-order valence-corrected chi connectivity index (χ1v) is 5.27. The van der Waals surface area contributed by atoms with Crippen LogP contribution in [0.4, 0.5) is 0 Å². The minimum atomic E-state index is -0.824. The number of fused-ring (bicyclic) bond motifs is 2. The highest BCUT2D eigenvalue weighted by Gasteiger charge is 2.57. The van der Waals surface area contributed by atoms with Gasteiger partial charge in [0.05, 0.1) is 12.0 Å². The number of rotatable bonds is 2. The van der Waals surface area contributed by atoms with E-state index in [1.165, 1.54) is 6.92 Å². The Bertz CT molecular complexity index is 318. The normalized spacial score (nSPS) is 40.8. The molecule has 0 radical (unpaired) electrons. The summed E-state index contributed by atoms with van der Waals surface area (Å²) in [6, 6.07) is 0. The lowest BCUT2D eigenvalue weighted by Gasteiger charge is -2.28. The molecule has 2 aliphatic heterocycles. The number of aliphatic hydroxyl groups excluding tert-OH is 1. The zero-order valence-corrected chi connectivity index (χ0v) is 9.17. The van der Waals surface area contributed by atoms with E-state index >= 15 is 0 Å². The monoisotopic (exact) mass is 229 g/mol. The summed E-state index contributed by atoms with van der Waals surface area (Å²) in [5, 5.41) is 12.3. The predicted octanol–water partition coefficient (Wildman–Crippen LogP) is -1.19. The third-order valence-corrected chi connectivity index (χ3v) is 3.14. The molecule has 0 aromatic rings. The van der Waals surface area contributed by atoms with Gasteiger partial charge in [-0.2, -0.15) is 0 Å². The van der Waals surface area contributed by atoms with Gasteiger partial charge in [-0.25, -0.2) is 0 Å². The van der Waals surface area contributed by atoms with Gasteiger partial charge >= 0.3 is 5.97 Å². The molecule has 0 aromatic carbocycles.